The van der Waals surface area contributed by atoms with Crippen LogP contribution in [0.15, 0.2) is 30.3 Å². The Morgan fingerprint density at radius 3 is 2.64 bits per heavy atom. The number of nitrogens with zero attached hydrogens (tertiary/aromatic N) is 1. The van der Waals surface area contributed by atoms with E-state index < -0.39 is 29.0 Å². The number of hydrogen-bond donors (Lipinski definition) is 2. The summed E-state index contributed by atoms with van der Waals surface area (Å²) in [5, 5.41) is 6.36. The van der Waals surface area contributed by atoms with Crippen molar-refractivity contribution in [3.63, 3.8) is 0 Å². The monoisotopic (exact) mass is 471 g/mol. The number of rotatable bonds is 3. The molecule has 3 aliphatic heterocycles. The number of halogens is 6. The van der Waals surface area contributed by atoms with Gasteiger partial charge in [0.15, 0.2) is 0 Å². The van der Waals surface area contributed by atoms with E-state index in [1.54, 1.807) is 0 Å². The van der Waals surface area contributed by atoms with Crippen LogP contribution in [0.4, 0.5) is 37.7 Å². The normalized spacial score (nSPS) is 22.5. The highest BCUT2D eigenvalue weighted by atomic mass is 19.4. The average Bonchev–Trinajstić information content (AvgIpc) is 2.92. The lowest BCUT2D eigenvalue weighted by molar-refractivity contribution is -0.141. The molecule has 4 nitrogen and oxygen atoms in total. The van der Waals surface area contributed by atoms with Gasteiger partial charge < -0.3 is 20.3 Å². The summed E-state index contributed by atoms with van der Waals surface area (Å²) in [4.78, 5) is 2.38. The Balaban J connectivity index is 1.48. The summed E-state index contributed by atoms with van der Waals surface area (Å²) in [5.41, 5.74) is 1.14. The molecule has 0 spiro atoms. The number of fused-ring (bicyclic) bond motifs is 3. The minimum atomic E-state index is -4.75. The van der Waals surface area contributed by atoms with Gasteiger partial charge in [-0.3, -0.25) is 0 Å². The van der Waals surface area contributed by atoms with Crippen LogP contribution < -0.4 is 15.5 Å². The second-order valence-corrected chi connectivity index (χ2v) is 8.71. The van der Waals surface area contributed by atoms with Gasteiger partial charge in [0.1, 0.15) is 0 Å². The van der Waals surface area contributed by atoms with Crippen LogP contribution in [0.25, 0.3) is 0 Å². The van der Waals surface area contributed by atoms with Crippen LogP contribution in [-0.4, -0.2) is 32.3 Å². The van der Waals surface area contributed by atoms with Crippen molar-refractivity contribution in [2.75, 3.05) is 36.5 Å². The first-order valence-electron chi connectivity index (χ1n) is 10.9. The molecule has 5 rings (SSSR count). The van der Waals surface area contributed by atoms with E-state index in [1.807, 2.05) is 12.1 Å². The van der Waals surface area contributed by atoms with E-state index in [2.05, 4.69) is 15.5 Å². The molecule has 2 N–H and O–H groups in total. The molecule has 2 aromatic carbocycles. The van der Waals surface area contributed by atoms with Gasteiger partial charge in [-0.2, -0.15) is 26.3 Å². The highest BCUT2D eigenvalue weighted by molar-refractivity contribution is 5.72. The first-order chi connectivity index (χ1) is 15.6. The Bertz CT molecular complexity index is 1050. The summed E-state index contributed by atoms with van der Waals surface area (Å²) in [6.45, 7) is 3.11. The standard InChI is InChI=1S/C23H23F6N3O/c24-22(25,26)15-1-2-19(23(27,28)29)13(7-15)10-31-16-8-14-12-33-6-5-32-20-3-4-30-11-18(20)17(9-16)21(14)32/h1-2,7-9,18,20,30-31H,3-6,10-12H2/t18-,20-/m0/s1. The maximum absolute atomic E-state index is 13.4. The van der Waals surface area contributed by atoms with Crippen LogP contribution in [-0.2, 0) is 30.2 Å². The lowest BCUT2D eigenvalue weighted by Gasteiger charge is -2.33. The van der Waals surface area contributed by atoms with Crippen LogP contribution in [0.1, 0.15) is 40.2 Å². The fraction of sp³-hybridized carbons (Fsp3) is 0.478. The molecule has 0 saturated carbocycles. The van der Waals surface area contributed by atoms with Crippen LogP contribution in [0.5, 0.6) is 0 Å². The average molecular weight is 471 g/mol. The van der Waals surface area contributed by atoms with E-state index >= 15 is 0 Å². The molecule has 0 bridgehead atoms. The first-order valence-corrected chi connectivity index (χ1v) is 10.9. The lowest BCUT2D eigenvalue weighted by atomic mass is 9.89. The molecule has 0 amide bonds. The summed E-state index contributed by atoms with van der Waals surface area (Å²) in [5.74, 6) is 0.256. The van der Waals surface area contributed by atoms with Gasteiger partial charge in [0, 0.05) is 48.5 Å². The van der Waals surface area contributed by atoms with Gasteiger partial charge in [-0.05, 0) is 54.4 Å². The number of anilines is 2. The second-order valence-electron chi connectivity index (χ2n) is 8.71. The molecule has 3 aliphatic rings. The van der Waals surface area contributed by atoms with Crippen molar-refractivity contribution in [3.05, 3.63) is 58.1 Å². The number of alkyl halides is 6. The molecule has 2 aromatic rings. The van der Waals surface area contributed by atoms with E-state index in [4.69, 9.17) is 4.74 Å². The number of ether oxygens (including phenoxy) is 1. The molecular weight excluding hydrogens is 448 g/mol. The third-order valence-electron chi connectivity index (χ3n) is 6.71. The fourth-order valence-electron chi connectivity index (χ4n) is 5.28. The van der Waals surface area contributed by atoms with Crippen molar-refractivity contribution in [2.45, 2.75) is 43.9 Å². The van der Waals surface area contributed by atoms with Gasteiger partial charge in [0.2, 0.25) is 0 Å². The zero-order valence-electron chi connectivity index (χ0n) is 17.6. The maximum atomic E-state index is 13.4. The highest BCUT2D eigenvalue weighted by Gasteiger charge is 2.42. The number of benzene rings is 2. The minimum Gasteiger partial charge on any atom is -0.381 e. The fourth-order valence-corrected chi connectivity index (χ4v) is 5.28. The summed E-state index contributed by atoms with van der Waals surface area (Å²) in [6, 6.07) is 5.65. The first kappa shape index (κ1) is 22.3. The van der Waals surface area contributed by atoms with Crippen molar-refractivity contribution >= 4 is 11.4 Å². The van der Waals surface area contributed by atoms with Crippen LogP contribution in [0, 0.1) is 0 Å². The highest BCUT2D eigenvalue weighted by Crippen LogP contribution is 2.47. The topological polar surface area (TPSA) is 36.5 Å². The zero-order valence-corrected chi connectivity index (χ0v) is 17.6. The lowest BCUT2D eigenvalue weighted by Crippen LogP contribution is -2.44. The Hall–Kier alpha value is -2.46. The van der Waals surface area contributed by atoms with E-state index in [0.717, 1.165) is 42.9 Å². The van der Waals surface area contributed by atoms with Crippen molar-refractivity contribution in [1.82, 2.24) is 5.32 Å². The molecule has 178 valence electrons. The molecule has 0 unspecified atom stereocenters. The molecule has 10 heteroatoms. The van der Waals surface area contributed by atoms with Crippen molar-refractivity contribution in [2.24, 2.45) is 0 Å². The molecule has 1 fully saturated rings. The van der Waals surface area contributed by atoms with Gasteiger partial charge in [0.25, 0.3) is 0 Å². The predicted octanol–water partition coefficient (Wildman–Crippen LogP) is 5.13. The van der Waals surface area contributed by atoms with E-state index in [-0.39, 0.29) is 12.5 Å². The Kier molecular flexibility index (Phi) is 5.48. The Morgan fingerprint density at radius 2 is 1.88 bits per heavy atom. The SMILES string of the molecule is FC(F)(F)c1ccc(C(F)(F)F)c(CNc2cc3c4c(c2)[C@@H]2CNCC[C@@H]2N4CCOC3)c1. The van der Waals surface area contributed by atoms with E-state index in [1.165, 1.54) is 0 Å². The van der Waals surface area contributed by atoms with Gasteiger partial charge in [-0.25, -0.2) is 0 Å². The molecule has 0 radical (unpaired) electrons. The summed E-state index contributed by atoms with van der Waals surface area (Å²) in [7, 11) is 0. The second kappa shape index (κ2) is 8.09. The van der Waals surface area contributed by atoms with Crippen molar-refractivity contribution < 1.29 is 31.1 Å². The molecule has 0 aromatic heterocycles. The van der Waals surface area contributed by atoms with Crippen LogP contribution in [0.2, 0.25) is 0 Å². The van der Waals surface area contributed by atoms with E-state index in [0.29, 0.717) is 43.1 Å². The van der Waals surface area contributed by atoms with Gasteiger partial charge in [-0.1, -0.05) is 0 Å². The third kappa shape index (κ3) is 4.14. The molecule has 2 atom stereocenters. The largest absolute Gasteiger partial charge is 0.416 e. The molecule has 33 heavy (non-hydrogen) atoms. The predicted molar refractivity (Wildman–Crippen MR) is 111 cm³/mol. The molecule has 0 aliphatic carbocycles. The maximum Gasteiger partial charge on any atom is 0.416 e. The number of nitrogens with one attached hydrogen (secondary N) is 2. The summed E-state index contributed by atoms with van der Waals surface area (Å²) in [6.07, 6.45) is -8.49. The Morgan fingerprint density at radius 1 is 1.06 bits per heavy atom. The van der Waals surface area contributed by atoms with Crippen molar-refractivity contribution in [1.29, 1.82) is 0 Å². The van der Waals surface area contributed by atoms with Gasteiger partial charge >= 0.3 is 12.4 Å². The van der Waals surface area contributed by atoms with Gasteiger partial charge in [-0.15, -0.1) is 0 Å². The third-order valence-corrected chi connectivity index (χ3v) is 6.71. The summed E-state index contributed by atoms with van der Waals surface area (Å²) < 4.78 is 85.4. The van der Waals surface area contributed by atoms with Crippen LogP contribution in [0.3, 0.4) is 0 Å². The molecular formula is C23H23F6N3O. The molecule has 1 saturated heterocycles. The van der Waals surface area contributed by atoms with Crippen molar-refractivity contribution in [3.8, 4) is 0 Å². The molecule has 3 heterocycles. The minimum absolute atomic E-state index is 0.256. The number of hydrogen-bond acceptors (Lipinski definition) is 4. The van der Waals surface area contributed by atoms with E-state index in [9.17, 15) is 26.3 Å². The zero-order chi connectivity index (χ0) is 23.4. The van der Waals surface area contributed by atoms with Gasteiger partial charge in [0.05, 0.1) is 24.3 Å². The van der Waals surface area contributed by atoms with Crippen LogP contribution >= 0.6 is 0 Å². The Labute approximate surface area is 186 Å². The summed E-state index contributed by atoms with van der Waals surface area (Å²) >= 11 is 0. The number of piperidine rings is 1. The smallest absolute Gasteiger partial charge is 0.381 e. The quantitative estimate of drug-likeness (QED) is 0.609.